The van der Waals surface area contributed by atoms with Gasteiger partial charge < -0.3 is 0 Å². The minimum atomic E-state index is 0.805. The number of aromatic nitrogens is 1. The van der Waals surface area contributed by atoms with Gasteiger partial charge in [0, 0.05) is 11.6 Å². The molecule has 1 aromatic heterocycles. The van der Waals surface area contributed by atoms with Crippen LogP contribution in [0.1, 0.15) is 11.1 Å². The maximum Gasteiger partial charge on any atom is 0.203 e. The monoisotopic (exact) mass is 217 g/mol. The SMILES string of the molecule is Cc1cccc(/C=N/Nc2nccs2)c1. The van der Waals surface area contributed by atoms with Crippen molar-refractivity contribution in [1.82, 2.24) is 4.98 Å². The van der Waals surface area contributed by atoms with E-state index >= 15 is 0 Å². The standard InChI is InChI=1S/C11H11N3S/c1-9-3-2-4-10(7-9)8-13-14-11-12-5-6-15-11/h2-8H,1H3,(H,12,14)/b13-8+. The molecule has 0 aliphatic rings. The Bertz CT molecular complexity index is 449. The molecular weight excluding hydrogens is 206 g/mol. The Balaban J connectivity index is 2.00. The molecule has 1 heterocycles. The third-order valence-electron chi connectivity index (χ3n) is 1.85. The van der Waals surface area contributed by atoms with Gasteiger partial charge in [-0.1, -0.05) is 29.8 Å². The van der Waals surface area contributed by atoms with E-state index in [1.54, 1.807) is 12.4 Å². The average Bonchev–Trinajstić information content (AvgIpc) is 2.71. The molecule has 0 spiro atoms. The molecule has 76 valence electrons. The Kier molecular flexibility index (Phi) is 3.09. The van der Waals surface area contributed by atoms with Crippen LogP contribution in [0.2, 0.25) is 0 Å². The van der Waals surface area contributed by atoms with Crippen LogP contribution in [0, 0.1) is 6.92 Å². The highest BCUT2D eigenvalue weighted by atomic mass is 32.1. The van der Waals surface area contributed by atoms with Crippen LogP contribution in [-0.2, 0) is 0 Å². The van der Waals surface area contributed by atoms with Crippen molar-refractivity contribution < 1.29 is 0 Å². The number of thiazole rings is 1. The number of hydrogen-bond donors (Lipinski definition) is 1. The van der Waals surface area contributed by atoms with Crippen LogP contribution >= 0.6 is 11.3 Å². The highest BCUT2D eigenvalue weighted by Gasteiger charge is 1.90. The molecule has 2 rings (SSSR count). The molecule has 0 saturated carbocycles. The second-order valence-electron chi connectivity index (χ2n) is 3.12. The topological polar surface area (TPSA) is 37.3 Å². The maximum absolute atomic E-state index is 4.10. The molecule has 3 nitrogen and oxygen atoms in total. The number of aryl methyl sites for hydroxylation is 1. The molecule has 15 heavy (non-hydrogen) atoms. The van der Waals surface area contributed by atoms with Crippen LogP contribution in [0.15, 0.2) is 40.9 Å². The van der Waals surface area contributed by atoms with Crippen LogP contribution in [0.4, 0.5) is 5.13 Å². The van der Waals surface area contributed by atoms with Crippen molar-refractivity contribution in [3.8, 4) is 0 Å². The molecule has 0 atom stereocenters. The summed E-state index contributed by atoms with van der Waals surface area (Å²) >= 11 is 1.53. The number of nitrogens with zero attached hydrogens (tertiary/aromatic N) is 2. The summed E-state index contributed by atoms with van der Waals surface area (Å²) < 4.78 is 0. The van der Waals surface area contributed by atoms with E-state index in [0.29, 0.717) is 0 Å². The van der Waals surface area contributed by atoms with Gasteiger partial charge in [0.05, 0.1) is 6.21 Å². The Morgan fingerprint density at radius 2 is 2.40 bits per heavy atom. The maximum atomic E-state index is 4.10. The molecule has 4 heteroatoms. The molecule has 0 saturated heterocycles. The van der Waals surface area contributed by atoms with Crippen molar-refractivity contribution in [2.75, 3.05) is 5.43 Å². The van der Waals surface area contributed by atoms with Crippen molar-refractivity contribution in [3.63, 3.8) is 0 Å². The van der Waals surface area contributed by atoms with Gasteiger partial charge in [-0.2, -0.15) is 5.10 Å². The predicted molar refractivity (Wildman–Crippen MR) is 64.5 cm³/mol. The summed E-state index contributed by atoms with van der Waals surface area (Å²) in [6.45, 7) is 2.06. The summed E-state index contributed by atoms with van der Waals surface area (Å²) in [6, 6.07) is 8.17. The fourth-order valence-corrected chi connectivity index (χ4v) is 1.67. The third kappa shape index (κ3) is 2.89. The van der Waals surface area contributed by atoms with Gasteiger partial charge in [-0.05, 0) is 12.5 Å². The summed E-state index contributed by atoms with van der Waals surface area (Å²) in [6.07, 6.45) is 3.53. The molecule has 1 N–H and O–H groups in total. The molecule has 0 amide bonds. The lowest BCUT2D eigenvalue weighted by molar-refractivity contribution is 1.29. The summed E-state index contributed by atoms with van der Waals surface area (Å²) in [7, 11) is 0. The van der Waals surface area contributed by atoms with Gasteiger partial charge in [0.15, 0.2) is 0 Å². The van der Waals surface area contributed by atoms with Crippen molar-refractivity contribution in [2.45, 2.75) is 6.92 Å². The lowest BCUT2D eigenvalue weighted by atomic mass is 10.2. The molecule has 1 aromatic carbocycles. The van der Waals surface area contributed by atoms with Gasteiger partial charge in [-0.15, -0.1) is 11.3 Å². The van der Waals surface area contributed by atoms with Crippen LogP contribution in [0.5, 0.6) is 0 Å². The van der Waals surface area contributed by atoms with Crippen LogP contribution < -0.4 is 5.43 Å². The quantitative estimate of drug-likeness (QED) is 0.634. The first-order valence-corrected chi connectivity index (χ1v) is 5.48. The Labute approximate surface area is 92.5 Å². The van der Waals surface area contributed by atoms with Crippen molar-refractivity contribution in [3.05, 3.63) is 47.0 Å². The normalized spacial score (nSPS) is 10.7. The molecule has 2 aromatic rings. The van der Waals surface area contributed by atoms with Gasteiger partial charge in [-0.25, -0.2) is 4.98 Å². The molecule has 0 aliphatic heterocycles. The van der Waals surface area contributed by atoms with Gasteiger partial charge in [0.2, 0.25) is 5.13 Å². The Morgan fingerprint density at radius 1 is 1.47 bits per heavy atom. The second-order valence-corrected chi connectivity index (χ2v) is 4.02. The molecule has 0 aliphatic carbocycles. The van der Waals surface area contributed by atoms with Crippen LogP contribution in [0.3, 0.4) is 0 Å². The molecule has 0 unspecified atom stereocenters. The number of anilines is 1. The first-order valence-electron chi connectivity index (χ1n) is 4.60. The van der Waals surface area contributed by atoms with Crippen molar-refractivity contribution in [2.24, 2.45) is 5.10 Å². The summed E-state index contributed by atoms with van der Waals surface area (Å²) in [5.74, 6) is 0. The minimum Gasteiger partial charge on any atom is -0.253 e. The molecule has 0 bridgehead atoms. The fourth-order valence-electron chi connectivity index (χ4n) is 1.19. The average molecular weight is 217 g/mol. The van der Waals surface area contributed by atoms with E-state index in [-0.39, 0.29) is 0 Å². The van der Waals surface area contributed by atoms with Gasteiger partial charge in [0.1, 0.15) is 0 Å². The van der Waals surface area contributed by atoms with E-state index in [2.05, 4.69) is 34.6 Å². The molecule has 0 fully saturated rings. The molecular formula is C11H11N3S. The first kappa shape index (κ1) is 9.86. The first-order chi connectivity index (χ1) is 7.34. The zero-order chi connectivity index (χ0) is 10.5. The highest BCUT2D eigenvalue weighted by molar-refractivity contribution is 7.13. The summed E-state index contributed by atoms with van der Waals surface area (Å²) in [5, 5.41) is 6.81. The van der Waals surface area contributed by atoms with Crippen molar-refractivity contribution in [1.29, 1.82) is 0 Å². The Morgan fingerprint density at radius 3 is 3.13 bits per heavy atom. The van der Waals surface area contributed by atoms with Crippen molar-refractivity contribution >= 4 is 22.7 Å². The van der Waals surface area contributed by atoms with Crippen LogP contribution in [-0.4, -0.2) is 11.2 Å². The number of rotatable bonds is 3. The van der Waals surface area contributed by atoms with E-state index in [0.717, 1.165) is 10.7 Å². The lowest BCUT2D eigenvalue weighted by Crippen LogP contribution is -1.89. The number of benzene rings is 1. The largest absolute Gasteiger partial charge is 0.253 e. The minimum absolute atomic E-state index is 0.805. The third-order valence-corrected chi connectivity index (χ3v) is 2.53. The van der Waals surface area contributed by atoms with Gasteiger partial charge >= 0.3 is 0 Å². The summed E-state index contributed by atoms with van der Waals surface area (Å²) in [5.41, 5.74) is 5.18. The van der Waals surface area contributed by atoms with E-state index in [1.165, 1.54) is 16.9 Å². The number of hydrazone groups is 1. The number of hydrogen-bond acceptors (Lipinski definition) is 4. The predicted octanol–water partition coefficient (Wildman–Crippen LogP) is 2.90. The smallest absolute Gasteiger partial charge is 0.203 e. The van der Waals surface area contributed by atoms with E-state index in [4.69, 9.17) is 0 Å². The second kappa shape index (κ2) is 4.70. The zero-order valence-corrected chi connectivity index (χ0v) is 9.16. The van der Waals surface area contributed by atoms with E-state index < -0.39 is 0 Å². The lowest BCUT2D eigenvalue weighted by Gasteiger charge is -1.95. The number of nitrogens with one attached hydrogen (secondary N) is 1. The molecule has 0 radical (unpaired) electrons. The van der Waals surface area contributed by atoms with Gasteiger partial charge in [-0.3, -0.25) is 5.43 Å². The zero-order valence-electron chi connectivity index (χ0n) is 8.34. The fraction of sp³-hybridized carbons (Fsp3) is 0.0909. The van der Waals surface area contributed by atoms with Gasteiger partial charge in [0.25, 0.3) is 0 Å². The van der Waals surface area contributed by atoms with Crippen LogP contribution in [0.25, 0.3) is 0 Å². The van der Waals surface area contributed by atoms with E-state index in [9.17, 15) is 0 Å². The van der Waals surface area contributed by atoms with E-state index in [1.807, 2.05) is 17.5 Å². The highest BCUT2D eigenvalue weighted by Crippen LogP contribution is 2.09. The Hall–Kier alpha value is -1.68. The summed E-state index contributed by atoms with van der Waals surface area (Å²) in [4.78, 5) is 4.06.